The number of hydrogen-bond acceptors (Lipinski definition) is 4. The number of piperidine rings is 1. The van der Waals surface area contributed by atoms with E-state index in [2.05, 4.69) is 28.7 Å². The number of anilines is 1. The number of nitrogens with one attached hydrogen (secondary N) is 1. The largest absolute Gasteiger partial charge is 0.382 e. The fraction of sp³-hybridized carbons (Fsp3) is 0.714. The highest BCUT2D eigenvalue weighted by Gasteiger charge is 2.18. The van der Waals surface area contributed by atoms with Crippen LogP contribution in [0.4, 0.5) is 10.2 Å². The molecule has 0 atom stereocenters. The van der Waals surface area contributed by atoms with Crippen LogP contribution >= 0.6 is 0 Å². The van der Waals surface area contributed by atoms with Crippen molar-refractivity contribution in [2.75, 3.05) is 25.4 Å². The van der Waals surface area contributed by atoms with E-state index in [1.807, 2.05) is 0 Å². The van der Waals surface area contributed by atoms with Crippen LogP contribution in [0.15, 0.2) is 0 Å². The molecular formula is C21H34FN5. The van der Waals surface area contributed by atoms with Gasteiger partial charge in [-0.25, -0.2) is 14.4 Å². The number of likely N-dealkylation sites (tertiary alicyclic amines) is 1. The molecule has 1 fully saturated rings. The first-order chi connectivity index (χ1) is 13.1. The van der Waals surface area contributed by atoms with Gasteiger partial charge in [-0.15, -0.1) is 0 Å². The first-order valence-electron chi connectivity index (χ1n) is 10.6. The fourth-order valence-corrected chi connectivity index (χ4v) is 4.00. The summed E-state index contributed by atoms with van der Waals surface area (Å²) in [5.74, 6) is 1.43. The number of halogens is 1. The van der Waals surface area contributed by atoms with Crippen molar-refractivity contribution in [1.82, 2.24) is 19.9 Å². The van der Waals surface area contributed by atoms with E-state index >= 15 is 0 Å². The molecule has 150 valence electrons. The third-order valence-corrected chi connectivity index (χ3v) is 5.71. The highest BCUT2D eigenvalue weighted by molar-refractivity contribution is 5.88. The molecule has 1 saturated heterocycles. The quantitative estimate of drug-likeness (QED) is 0.640. The van der Waals surface area contributed by atoms with Crippen molar-refractivity contribution in [2.24, 2.45) is 0 Å². The molecule has 5 nitrogen and oxygen atoms in total. The number of nitrogens with two attached hydrogens (primary N) is 1. The van der Waals surface area contributed by atoms with E-state index in [0.29, 0.717) is 18.7 Å². The number of hydrogen-bond donors (Lipinski definition) is 2. The molecule has 0 unspecified atom stereocenters. The summed E-state index contributed by atoms with van der Waals surface area (Å²) >= 11 is 0. The van der Waals surface area contributed by atoms with Crippen LogP contribution in [-0.2, 0) is 12.8 Å². The average Bonchev–Trinajstić information content (AvgIpc) is 2.97. The first-order valence-corrected chi connectivity index (χ1v) is 10.6. The molecule has 3 heterocycles. The van der Waals surface area contributed by atoms with Crippen LogP contribution in [-0.4, -0.2) is 45.7 Å². The summed E-state index contributed by atoms with van der Waals surface area (Å²) < 4.78 is 13.2. The Hall–Kier alpha value is -1.69. The molecule has 0 radical (unpaired) electrons. The van der Waals surface area contributed by atoms with Crippen molar-refractivity contribution in [3.8, 4) is 0 Å². The number of H-pyrrole nitrogens is 1. The molecule has 0 aromatic carbocycles. The molecule has 27 heavy (non-hydrogen) atoms. The lowest BCUT2D eigenvalue weighted by molar-refractivity contribution is 0.149. The van der Waals surface area contributed by atoms with Crippen molar-refractivity contribution >= 4 is 16.9 Å². The highest BCUT2D eigenvalue weighted by Crippen LogP contribution is 2.26. The van der Waals surface area contributed by atoms with Crippen LogP contribution < -0.4 is 5.73 Å². The van der Waals surface area contributed by atoms with Crippen molar-refractivity contribution in [2.45, 2.75) is 77.8 Å². The number of nitrogen functional groups attached to an aromatic ring is 1. The molecule has 6 heteroatoms. The number of aromatic amines is 1. The Balaban J connectivity index is 1.54. The van der Waals surface area contributed by atoms with Gasteiger partial charge in [0.1, 0.15) is 17.5 Å². The first kappa shape index (κ1) is 20.1. The van der Waals surface area contributed by atoms with Gasteiger partial charge in [0.05, 0.1) is 5.52 Å². The lowest BCUT2D eigenvalue weighted by atomic mass is 10.1. The van der Waals surface area contributed by atoms with Gasteiger partial charge < -0.3 is 15.6 Å². The maximum atomic E-state index is 13.2. The summed E-state index contributed by atoms with van der Waals surface area (Å²) in [5.41, 5.74) is 10.5. The summed E-state index contributed by atoms with van der Waals surface area (Å²) in [7, 11) is 0. The Morgan fingerprint density at radius 3 is 2.63 bits per heavy atom. The summed E-state index contributed by atoms with van der Waals surface area (Å²) in [6, 6.07) is 0. The average molecular weight is 376 g/mol. The van der Waals surface area contributed by atoms with Crippen molar-refractivity contribution in [3.05, 3.63) is 17.1 Å². The Labute approximate surface area is 161 Å². The van der Waals surface area contributed by atoms with Gasteiger partial charge in [0, 0.05) is 25.2 Å². The van der Waals surface area contributed by atoms with Gasteiger partial charge in [0.25, 0.3) is 0 Å². The zero-order valence-electron chi connectivity index (χ0n) is 16.9. The molecule has 0 bridgehead atoms. The molecule has 0 amide bonds. The number of unbranched alkanes of at least 4 members (excludes halogenated alkanes) is 3. The number of fused-ring (bicyclic) bond motifs is 1. The fourth-order valence-electron chi connectivity index (χ4n) is 4.00. The SMILES string of the molecule is CCCCc1nc(N)c2[nH]c(C)c(CCCCCN3CCC(F)CC3)c2n1. The Kier molecular flexibility index (Phi) is 7.05. The summed E-state index contributed by atoms with van der Waals surface area (Å²) in [6.45, 7) is 7.20. The van der Waals surface area contributed by atoms with E-state index < -0.39 is 6.17 Å². The molecule has 2 aromatic heterocycles. The van der Waals surface area contributed by atoms with Crippen LogP contribution in [0.3, 0.4) is 0 Å². The maximum absolute atomic E-state index is 13.2. The number of rotatable bonds is 9. The van der Waals surface area contributed by atoms with E-state index in [1.54, 1.807) is 0 Å². The van der Waals surface area contributed by atoms with Gasteiger partial charge >= 0.3 is 0 Å². The third kappa shape index (κ3) is 5.18. The molecule has 3 rings (SSSR count). The standard InChI is InChI=1S/C21H34FN5/c1-3-4-9-18-25-19-17(15(2)24-20(19)21(23)26-18)8-6-5-7-12-27-13-10-16(22)11-14-27/h16,24H,3-14H2,1-2H3,(H2,23,25,26). The van der Waals surface area contributed by atoms with Gasteiger partial charge in [-0.3, -0.25) is 0 Å². The van der Waals surface area contributed by atoms with Gasteiger partial charge in [-0.05, 0) is 57.6 Å². The van der Waals surface area contributed by atoms with E-state index in [0.717, 1.165) is 74.3 Å². The molecule has 0 aliphatic carbocycles. The third-order valence-electron chi connectivity index (χ3n) is 5.71. The minimum Gasteiger partial charge on any atom is -0.382 e. The summed E-state index contributed by atoms with van der Waals surface area (Å²) in [5, 5.41) is 0. The number of aromatic nitrogens is 3. The predicted molar refractivity (Wildman–Crippen MR) is 110 cm³/mol. The number of alkyl halides is 1. The van der Waals surface area contributed by atoms with E-state index in [-0.39, 0.29) is 0 Å². The molecular weight excluding hydrogens is 341 g/mol. The second-order valence-corrected chi connectivity index (χ2v) is 7.91. The van der Waals surface area contributed by atoms with Crippen LogP contribution in [0.1, 0.15) is 69.0 Å². The Morgan fingerprint density at radius 2 is 1.89 bits per heavy atom. The van der Waals surface area contributed by atoms with Crippen LogP contribution in [0.5, 0.6) is 0 Å². The maximum Gasteiger partial charge on any atom is 0.151 e. The van der Waals surface area contributed by atoms with Gasteiger partial charge in [0.15, 0.2) is 5.82 Å². The molecule has 0 spiro atoms. The van der Waals surface area contributed by atoms with Gasteiger partial charge in [0.2, 0.25) is 0 Å². The number of nitrogens with zero attached hydrogens (tertiary/aromatic N) is 3. The topological polar surface area (TPSA) is 70.8 Å². The Bertz CT molecular complexity index is 734. The lowest BCUT2D eigenvalue weighted by Gasteiger charge is -2.28. The summed E-state index contributed by atoms with van der Waals surface area (Å²) in [4.78, 5) is 15.1. The molecule has 3 N–H and O–H groups in total. The zero-order chi connectivity index (χ0) is 19.2. The summed E-state index contributed by atoms with van der Waals surface area (Å²) in [6.07, 6.45) is 8.45. The van der Waals surface area contributed by atoms with E-state index in [9.17, 15) is 4.39 Å². The highest BCUT2D eigenvalue weighted by atomic mass is 19.1. The van der Waals surface area contributed by atoms with Gasteiger partial charge in [-0.1, -0.05) is 19.8 Å². The van der Waals surface area contributed by atoms with Crippen molar-refractivity contribution < 1.29 is 4.39 Å². The van der Waals surface area contributed by atoms with E-state index in [1.165, 1.54) is 18.4 Å². The molecule has 2 aromatic rings. The monoisotopic (exact) mass is 375 g/mol. The van der Waals surface area contributed by atoms with E-state index in [4.69, 9.17) is 10.7 Å². The smallest absolute Gasteiger partial charge is 0.151 e. The lowest BCUT2D eigenvalue weighted by Crippen LogP contribution is -2.35. The van der Waals surface area contributed by atoms with Gasteiger partial charge in [-0.2, -0.15) is 0 Å². The second-order valence-electron chi connectivity index (χ2n) is 7.91. The Morgan fingerprint density at radius 1 is 1.11 bits per heavy atom. The second kappa shape index (κ2) is 9.49. The van der Waals surface area contributed by atoms with Crippen molar-refractivity contribution in [3.63, 3.8) is 0 Å². The minimum atomic E-state index is -0.581. The zero-order valence-corrected chi connectivity index (χ0v) is 16.9. The number of aryl methyl sites for hydroxylation is 3. The minimum absolute atomic E-state index is 0.566. The predicted octanol–water partition coefficient (Wildman–Crippen LogP) is 4.34. The molecule has 0 saturated carbocycles. The molecule has 1 aliphatic heterocycles. The normalized spacial score (nSPS) is 16.4. The molecule has 1 aliphatic rings. The van der Waals surface area contributed by atoms with Crippen LogP contribution in [0, 0.1) is 6.92 Å². The van der Waals surface area contributed by atoms with Crippen molar-refractivity contribution in [1.29, 1.82) is 0 Å². The van der Waals surface area contributed by atoms with Crippen LogP contribution in [0.25, 0.3) is 11.0 Å². The van der Waals surface area contributed by atoms with Crippen LogP contribution in [0.2, 0.25) is 0 Å².